The fourth-order valence-electron chi connectivity index (χ4n) is 3.22. The molecule has 0 spiro atoms. The first-order chi connectivity index (χ1) is 16.4. The van der Waals surface area contributed by atoms with Crippen LogP contribution in [0.3, 0.4) is 0 Å². The molecule has 0 radical (unpaired) electrons. The number of thiazole rings is 1. The first kappa shape index (κ1) is 24.4. The lowest BCUT2D eigenvalue weighted by atomic mass is 9.98. The van der Waals surface area contributed by atoms with E-state index in [1.807, 2.05) is 0 Å². The molecule has 35 heavy (non-hydrogen) atoms. The summed E-state index contributed by atoms with van der Waals surface area (Å²) in [6.45, 7) is -0.258. The number of amides is 2. The highest BCUT2D eigenvalue weighted by atomic mass is 32.2. The van der Waals surface area contributed by atoms with Crippen molar-refractivity contribution in [2.75, 3.05) is 5.73 Å². The SMILES string of the molecule is NCc1cnn(C[C@@H]2[C@H](NC(=O)C(=NOC3(C(=O)O)CC3)c3csc(N)n3)C(=O)N2S(=O)(=O)O)n1. The van der Waals surface area contributed by atoms with Crippen LogP contribution in [0.4, 0.5) is 5.13 Å². The lowest BCUT2D eigenvalue weighted by Crippen LogP contribution is -2.73. The van der Waals surface area contributed by atoms with Gasteiger partial charge in [0.15, 0.2) is 10.8 Å². The number of anilines is 1. The summed E-state index contributed by atoms with van der Waals surface area (Å²) >= 11 is 0.971. The van der Waals surface area contributed by atoms with Crippen molar-refractivity contribution in [3.8, 4) is 0 Å². The summed E-state index contributed by atoms with van der Waals surface area (Å²) < 4.78 is 33.1. The highest BCUT2D eigenvalue weighted by molar-refractivity contribution is 7.84. The van der Waals surface area contributed by atoms with Gasteiger partial charge in [0.2, 0.25) is 5.60 Å². The highest BCUT2D eigenvalue weighted by Crippen LogP contribution is 2.40. The van der Waals surface area contributed by atoms with Crippen LogP contribution in [0.25, 0.3) is 0 Å². The number of carboxylic acid groups (broad SMARTS) is 1. The van der Waals surface area contributed by atoms with E-state index in [2.05, 4.69) is 25.7 Å². The quantitative estimate of drug-likeness (QED) is 0.0910. The number of carbonyl (C=O) groups excluding carboxylic acids is 2. The largest absolute Gasteiger partial charge is 0.478 e. The Morgan fingerprint density at radius 2 is 2.11 bits per heavy atom. The second-order valence-corrected chi connectivity index (χ2v) is 9.81. The number of hydrogen-bond acceptors (Lipinski definition) is 13. The van der Waals surface area contributed by atoms with Gasteiger partial charge in [0.05, 0.1) is 18.4 Å². The van der Waals surface area contributed by atoms with Crippen LogP contribution in [-0.4, -0.2) is 83.5 Å². The fourth-order valence-corrected chi connectivity index (χ4v) is 4.64. The zero-order valence-corrected chi connectivity index (χ0v) is 19.3. The van der Waals surface area contributed by atoms with Crippen LogP contribution in [0.1, 0.15) is 24.2 Å². The molecule has 4 rings (SSSR count). The average Bonchev–Trinajstić information content (AvgIpc) is 3.23. The Morgan fingerprint density at radius 1 is 1.40 bits per heavy atom. The number of carbonyl (C=O) groups is 3. The molecule has 1 aliphatic carbocycles. The van der Waals surface area contributed by atoms with E-state index in [-0.39, 0.29) is 41.1 Å². The van der Waals surface area contributed by atoms with Crippen LogP contribution in [0, 0.1) is 0 Å². The molecule has 3 heterocycles. The molecule has 188 valence electrons. The third-order valence-electron chi connectivity index (χ3n) is 5.23. The van der Waals surface area contributed by atoms with Crippen LogP contribution in [0.2, 0.25) is 0 Å². The van der Waals surface area contributed by atoms with Crippen LogP contribution in [0.5, 0.6) is 0 Å². The molecule has 0 bridgehead atoms. The number of β-lactam (4-membered cyclic amide) rings is 1. The monoisotopic (exact) mass is 529 g/mol. The van der Waals surface area contributed by atoms with Crippen LogP contribution >= 0.6 is 11.3 Å². The molecule has 19 heteroatoms. The fraction of sp³-hybridized carbons (Fsp3) is 0.438. The minimum Gasteiger partial charge on any atom is -0.478 e. The lowest BCUT2D eigenvalue weighted by molar-refractivity contribution is -0.153. The zero-order chi connectivity index (χ0) is 25.5. The maximum atomic E-state index is 13.0. The normalized spacial score (nSPS) is 21.4. The number of carboxylic acids is 1. The molecule has 0 aromatic carbocycles. The Morgan fingerprint density at radius 3 is 2.63 bits per heavy atom. The van der Waals surface area contributed by atoms with Crippen LogP contribution in [-0.2, 0) is 42.6 Å². The van der Waals surface area contributed by atoms with Gasteiger partial charge >= 0.3 is 16.3 Å². The number of oxime groups is 1. The van der Waals surface area contributed by atoms with Crippen molar-refractivity contribution >= 4 is 50.3 Å². The van der Waals surface area contributed by atoms with Crippen molar-refractivity contribution in [2.45, 2.75) is 43.6 Å². The first-order valence-corrected chi connectivity index (χ1v) is 12.1. The van der Waals surface area contributed by atoms with E-state index < -0.39 is 51.5 Å². The molecule has 2 aliphatic rings. The lowest BCUT2D eigenvalue weighted by Gasteiger charge is -2.43. The van der Waals surface area contributed by atoms with E-state index >= 15 is 0 Å². The van der Waals surface area contributed by atoms with Gasteiger partial charge < -0.3 is 26.7 Å². The van der Waals surface area contributed by atoms with E-state index in [9.17, 15) is 32.5 Å². The van der Waals surface area contributed by atoms with Crippen LogP contribution in [0.15, 0.2) is 16.7 Å². The molecule has 2 aromatic heterocycles. The minimum atomic E-state index is -4.96. The second kappa shape index (κ2) is 8.83. The Hall–Kier alpha value is -3.68. The molecule has 17 nitrogen and oxygen atoms in total. The predicted molar refractivity (Wildman–Crippen MR) is 116 cm³/mol. The van der Waals surface area contributed by atoms with Crippen molar-refractivity contribution in [3.05, 3.63) is 23.0 Å². The maximum Gasteiger partial charge on any atom is 0.362 e. The molecule has 1 saturated carbocycles. The molecule has 2 aromatic rings. The molecule has 1 saturated heterocycles. The zero-order valence-electron chi connectivity index (χ0n) is 17.6. The number of nitrogens with one attached hydrogen (secondary N) is 1. The first-order valence-electron chi connectivity index (χ1n) is 9.87. The summed E-state index contributed by atoms with van der Waals surface area (Å²) in [4.78, 5) is 47.0. The second-order valence-electron chi connectivity index (χ2n) is 7.63. The number of nitrogen functional groups attached to an aromatic ring is 1. The van der Waals surface area contributed by atoms with E-state index in [0.29, 0.717) is 5.69 Å². The number of nitrogens with two attached hydrogens (primary N) is 2. The molecule has 0 unspecified atom stereocenters. The van der Waals surface area contributed by atoms with Gasteiger partial charge in [0.25, 0.3) is 11.8 Å². The summed E-state index contributed by atoms with van der Waals surface area (Å²) in [5.41, 5.74) is 9.36. The molecule has 2 atom stereocenters. The summed E-state index contributed by atoms with van der Waals surface area (Å²) in [6.07, 6.45) is 1.68. The molecular weight excluding hydrogens is 510 g/mol. The smallest absolute Gasteiger partial charge is 0.362 e. The molecule has 2 fully saturated rings. The van der Waals surface area contributed by atoms with Gasteiger partial charge in [0.1, 0.15) is 17.8 Å². The van der Waals surface area contributed by atoms with Crippen LogP contribution < -0.4 is 16.8 Å². The summed E-state index contributed by atoms with van der Waals surface area (Å²) in [6, 6.07) is -2.73. The van der Waals surface area contributed by atoms with E-state index in [1.54, 1.807) is 0 Å². The minimum absolute atomic E-state index is 0.0533. The van der Waals surface area contributed by atoms with Gasteiger partial charge in [-0.05, 0) is 0 Å². The molecule has 1 aliphatic heterocycles. The highest BCUT2D eigenvalue weighted by Gasteiger charge is 2.56. The number of aliphatic carboxylic acids is 1. The Balaban J connectivity index is 1.58. The number of nitrogens with zero attached hydrogens (tertiary/aromatic N) is 6. The Labute approximate surface area is 200 Å². The van der Waals surface area contributed by atoms with Crippen molar-refractivity contribution in [2.24, 2.45) is 10.9 Å². The van der Waals surface area contributed by atoms with Gasteiger partial charge in [-0.25, -0.2) is 14.1 Å². The predicted octanol–water partition coefficient (Wildman–Crippen LogP) is -2.69. The molecule has 7 N–H and O–H groups in total. The number of hydrogen-bond donors (Lipinski definition) is 5. The van der Waals surface area contributed by atoms with Gasteiger partial charge in [-0.2, -0.15) is 23.4 Å². The topological polar surface area (TPSA) is 258 Å². The third-order valence-corrected chi connectivity index (χ3v) is 6.85. The van der Waals surface area contributed by atoms with E-state index in [0.717, 1.165) is 16.1 Å². The number of rotatable bonds is 10. The average molecular weight is 530 g/mol. The van der Waals surface area contributed by atoms with Crippen molar-refractivity contribution in [1.82, 2.24) is 29.6 Å². The van der Waals surface area contributed by atoms with E-state index in [4.69, 9.17) is 16.3 Å². The van der Waals surface area contributed by atoms with Crippen molar-refractivity contribution in [1.29, 1.82) is 0 Å². The Kier molecular flexibility index (Phi) is 6.17. The van der Waals surface area contributed by atoms with E-state index in [1.165, 1.54) is 11.6 Å². The molecule has 2 amide bonds. The van der Waals surface area contributed by atoms with Crippen molar-refractivity contribution in [3.63, 3.8) is 0 Å². The Bertz CT molecular complexity index is 1320. The molecular formula is C16H19N9O8S2. The summed E-state index contributed by atoms with van der Waals surface area (Å²) in [5, 5.41) is 24.6. The summed E-state index contributed by atoms with van der Waals surface area (Å²) in [7, 11) is -4.96. The maximum absolute atomic E-state index is 13.0. The van der Waals surface area contributed by atoms with Gasteiger partial charge in [-0.3, -0.25) is 14.1 Å². The van der Waals surface area contributed by atoms with Gasteiger partial charge in [-0.15, -0.1) is 11.3 Å². The van der Waals surface area contributed by atoms with Crippen molar-refractivity contribution < 1.29 is 37.3 Å². The van der Waals surface area contributed by atoms with Gasteiger partial charge in [0, 0.05) is 24.8 Å². The summed E-state index contributed by atoms with van der Waals surface area (Å²) in [5.74, 6) is -3.41. The number of aromatic nitrogens is 4. The standard InChI is InChI=1S/C16H19N9O8S2/c17-3-7-4-19-24(22-7)5-9-11(13(27)25(9)35(30,31)32)21-12(26)10(8-6-34-15(18)20-8)23-33-16(1-2-16)14(28)29/h4,6,9,11H,1-3,5,17H2,(H2,18,20)(H,21,26)(H,28,29)(H,30,31,32)/t9-,11+/m1/s1. The third kappa shape index (κ3) is 4.78. The van der Waals surface area contributed by atoms with Gasteiger partial charge in [-0.1, -0.05) is 5.16 Å².